The molecule has 0 aliphatic heterocycles. The number of benzene rings is 1. The third kappa shape index (κ3) is 4.67. The van der Waals surface area contributed by atoms with Crippen LogP contribution in [0.5, 0.6) is 5.88 Å². The molecule has 122 valence electrons. The zero-order chi connectivity index (χ0) is 16.8. The predicted octanol–water partition coefficient (Wildman–Crippen LogP) is 3.03. The van der Waals surface area contributed by atoms with Gasteiger partial charge in [0.25, 0.3) is 0 Å². The molecule has 0 saturated carbocycles. The molecule has 1 aromatic heterocycles. The van der Waals surface area contributed by atoms with Gasteiger partial charge in [-0.1, -0.05) is 19.1 Å². The number of carbonyl (C=O) groups excluding carboxylic acids is 1. The van der Waals surface area contributed by atoms with Crippen LogP contribution in [-0.4, -0.2) is 30.2 Å². The fourth-order valence-electron chi connectivity index (χ4n) is 2.17. The van der Waals surface area contributed by atoms with Crippen LogP contribution in [-0.2, 0) is 4.79 Å². The SMILES string of the molecule is CCC(Oc1ccc(NC(C)=O)nn1)c1cccc(N(C)C)c1. The number of nitrogens with one attached hydrogen (secondary N) is 1. The van der Waals surface area contributed by atoms with Gasteiger partial charge in [-0.25, -0.2) is 0 Å². The smallest absolute Gasteiger partial charge is 0.234 e. The standard InChI is InChI=1S/C17H22N4O2/c1-5-15(13-7-6-8-14(11-13)21(3)4)23-17-10-9-16(19-20-17)18-12(2)22/h6-11,15H,5H2,1-4H3,(H,18,19,22). The van der Waals surface area contributed by atoms with Crippen LogP contribution in [0.15, 0.2) is 36.4 Å². The van der Waals surface area contributed by atoms with Crippen molar-refractivity contribution in [2.75, 3.05) is 24.3 Å². The molecule has 1 atom stereocenters. The van der Waals surface area contributed by atoms with E-state index in [1.54, 1.807) is 12.1 Å². The number of anilines is 2. The highest BCUT2D eigenvalue weighted by atomic mass is 16.5. The Bertz CT molecular complexity index is 656. The maximum Gasteiger partial charge on any atom is 0.234 e. The topological polar surface area (TPSA) is 67.3 Å². The van der Waals surface area contributed by atoms with Crippen LogP contribution in [0.2, 0.25) is 0 Å². The van der Waals surface area contributed by atoms with Gasteiger partial charge in [0.1, 0.15) is 6.10 Å². The van der Waals surface area contributed by atoms with Gasteiger partial charge in [0.2, 0.25) is 11.8 Å². The third-order valence-corrected chi connectivity index (χ3v) is 3.34. The first kappa shape index (κ1) is 16.7. The molecule has 0 saturated heterocycles. The molecule has 0 bridgehead atoms. The quantitative estimate of drug-likeness (QED) is 0.887. The molecule has 1 amide bonds. The van der Waals surface area contributed by atoms with Gasteiger partial charge in [-0.3, -0.25) is 4.79 Å². The zero-order valence-electron chi connectivity index (χ0n) is 13.9. The molecule has 2 aromatic rings. The molecule has 1 heterocycles. The number of aromatic nitrogens is 2. The van der Waals surface area contributed by atoms with Gasteiger partial charge in [-0.2, -0.15) is 0 Å². The van der Waals surface area contributed by atoms with Crippen molar-refractivity contribution in [3.8, 4) is 5.88 Å². The number of hydrogen-bond acceptors (Lipinski definition) is 5. The van der Waals surface area contributed by atoms with E-state index in [9.17, 15) is 4.79 Å². The van der Waals surface area contributed by atoms with Gasteiger partial charge in [-0.15, -0.1) is 10.2 Å². The minimum Gasteiger partial charge on any atom is -0.468 e. The lowest BCUT2D eigenvalue weighted by Crippen LogP contribution is -2.12. The summed E-state index contributed by atoms with van der Waals surface area (Å²) in [5.74, 6) is 0.661. The summed E-state index contributed by atoms with van der Waals surface area (Å²) in [7, 11) is 4.01. The summed E-state index contributed by atoms with van der Waals surface area (Å²) in [5.41, 5.74) is 2.21. The van der Waals surface area contributed by atoms with Crippen molar-refractivity contribution >= 4 is 17.4 Å². The van der Waals surface area contributed by atoms with E-state index in [1.807, 2.05) is 26.2 Å². The van der Waals surface area contributed by atoms with Gasteiger partial charge in [0.05, 0.1) is 0 Å². The second kappa shape index (κ2) is 7.58. The summed E-state index contributed by atoms with van der Waals surface area (Å²) < 4.78 is 5.94. The first-order chi connectivity index (χ1) is 11.0. The van der Waals surface area contributed by atoms with Crippen LogP contribution >= 0.6 is 0 Å². The molecular formula is C17H22N4O2. The highest BCUT2D eigenvalue weighted by Gasteiger charge is 2.13. The van der Waals surface area contributed by atoms with Crippen molar-refractivity contribution in [3.05, 3.63) is 42.0 Å². The molecule has 1 N–H and O–H groups in total. The highest BCUT2D eigenvalue weighted by molar-refractivity contribution is 5.87. The van der Waals surface area contributed by atoms with E-state index >= 15 is 0 Å². The van der Waals surface area contributed by atoms with Crippen molar-refractivity contribution in [3.63, 3.8) is 0 Å². The Kier molecular flexibility index (Phi) is 5.51. The van der Waals surface area contributed by atoms with Gasteiger partial charge in [0, 0.05) is 32.8 Å². The molecule has 0 spiro atoms. The van der Waals surface area contributed by atoms with Crippen LogP contribution in [0.3, 0.4) is 0 Å². The number of ether oxygens (including phenoxy) is 1. The molecule has 0 radical (unpaired) electrons. The van der Waals surface area contributed by atoms with Crippen molar-refractivity contribution in [1.29, 1.82) is 0 Å². The van der Waals surface area contributed by atoms with Gasteiger partial charge in [0.15, 0.2) is 5.82 Å². The Balaban J connectivity index is 2.13. The molecule has 0 fully saturated rings. The monoisotopic (exact) mass is 314 g/mol. The molecule has 1 aromatic carbocycles. The number of amides is 1. The zero-order valence-corrected chi connectivity index (χ0v) is 13.9. The fourth-order valence-corrected chi connectivity index (χ4v) is 2.17. The Morgan fingerprint density at radius 2 is 2.04 bits per heavy atom. The summed E-state index contributed by atoms with van der Waals surface area (Å²) in [6.45, 7) is 3.49. The Hall–Kier alpha value is -2.63. The van der Waals surface area contributed by atoms with Crippen LogP contribution in [0.4, 0.5) is 11.5 Å². The molecule has 0 aliphatic carbocycles. The first-order valence-corrected chi connectivity index (χ1v) is 7.55. The maximum atomic E-state index is 11.0. The van der Waals surface area contributed by atoms with E-state index in [1.165, 1.54) is 6.92 Å². The molecule has 1 unspecified atom stereocenters. The summed E-state index contributed by atoms with van der Waals surface area (Å²) in [6, 6.07) is 11.6. The normalized spacial score (nSPS) is 11.7. The highest BCUT2D eigenvalue weighted by Crippen LogP contribution is 2.26. The minimum atomic E-state index is -0.181. The molecule has 6 nitrogen and oxygen atoms in total. The van der Waals surface area contributed by atoms with Gasteiger partial charge < -0.3 is 15.0 Å². The Labute approximate surface area is 136 Å². The van der Waals surface area contributed by atoms with E-state index in [-0.39, 0.29) is 12.0 Å². The van der Waals surface area contributed by atoms with Crippen molar-refractivity contribution < 1.29 is 9.53 Å². The van der Waals surface area contributed by atoms with E-state index in [0.29, 0.717) is 11.7 Å². The Morgan fingerprint density at radius 1 is 1.26 bits per heavy atom. The summed E-state index contributed by atoms with van der Waals surface area (Å²) in [4.78, 5) is 13.0. The van der Waals surface area contributed by atoms with E-state index in [0.717, 1.165) is 17.7 Å². The number of carbonyl (C=O) groups is 1. The lowest BCUT2D eigenvalue weighted by Gasteiger charge is -2.19. The van der Waals surface area contributed by atoms with Crippen molar-refractivity contribution in [2.24, 2.45) is 0 Å². The van der Waals surface area contributed by atoms with E-state index in [4.69, 9.17) is 4.74 Å². The molecule has 6 heteroatoms. The molecule has 0 aliphatic rings. The Morgan fingerprint density at radius 3 is 2.61 bits per heavy atom. The average molecular weight is 314 g/mol. The predicted molar refractivity (Wildman–Crippen MR) is 90.8 cm³/mol. The van der Waals surface area contributed by atoms with Crippen LogP contribution in [0.1, 0.15) is 31.9 Å². The number of rotatable bonds is 6. The fraction of sp³-hybridized carbons (Fsp3) is 0.353. The van der Waals surface area contributed by atoms with Crippen LogP contribution < -0.4 is 15.0 Å². The van der Waals surface area contributed by atoms with Crippen LogP contribution in [0.25, 0.3) is 0 Å². The van der Waals surface area contributed by atoms with Crippen molar-refractivity contribution in [2.45, 2.75) is 26.4 Å². The number of hydrogen-bond donors (Lipinski definition) is 1. The second-order valence-corrected chi connectivity index (χ2v) is 5.44. The minimum absolute atomic E-state index is 0.101. The lowest BCUT2D eigenvalue weighted by molar-refractivity contribution is -0.114. The summed E-state index contributed by atoms with van der Waals surface area (Å²) in [5, 5.41) is 10.5. The lowest BCUT2D eigenvalue weighted by atomic mass is 10.1. The molecule has 23 heavy (non-hydrogen) atoms. The summed E-state index contributed by atoms with van der Waals surface area (Å²) >= 11 is 0. The summed E-state index contributed by atoms with van der Waals surface area (Å²) in [6.07, 6.45) is 0.710. The third-order valence-electron chi connectivity index (χ3n) is 3.34. The molecular weight excluding hydrogens is 292 g/mol. The van der Waals surface area contributed by atoms with Crippen molar-refractivity contribution in [1.82, 2.24) is 10.2 Å². The van der Waals surface area contributed by atoms with E-state index in [2.05, 4.69) is 39.5 Å². The van der Waals surface area contributed by atoms with Crippen LogP contribution in [0, 0.1) is 0 Å². The van der Waals surface area contributed by atoms with E-state index < -0.39 is 0 Å². The van der Waals surface area contributed by atoms with Gasteiger partial charge in [-0.05, 0) is 30.2 Å². The van der Waals surface area contributed by atoms with Gasteiger partial charge >= 0.3 is 0 Å². The first-order valence-electron chi connectivity index (χ1n) is 7.55. The molecule has 2 rings (SSSR count). The number of nitrogens with zero attached hydrogens (tertiary/aromatic N) is 3. The second-order valence-electron chi connectivity index (χ2n) is 5.44. The maximum absolute atomic E-state index is 11.0. The average Bonchev–Trinajstić information content (AvgIpc) is 2.53. The largest absolute Gasteiger partial charge is 0.468 e.